The monoisotopic (exact) mass is 247 g/mol. The van der Waals surface area contributed by atoms with Crippen LogP contribution >= 0.6 is 0 Å². The van der Waals surface area contributed by atoms with Gasteiger partial charge in [-0.1, -0.05) is 6.92 Å². The number of nitrogens with zero attached hydrogens (tertiary/aromatic N) is 2. The SMILES string of the molecule is CCNC(Cc1cc(C)nn1C)c1ccc(C)o1. The fourth-order valence-corrected chi connectivity index (χ4v) is 2.22. The molecule has 18 heavy (non-hydrogen) atoms. The fourth-order valence-electron chi connectivity index (χ4n) is 2.22. The topological polar surface area (TPSA) is 43.0 Å². The van der Waals surface area contributed by atoms with Gasteiger partial charge in [0.15, 0.2) is 0 Å². The van der Waals surface area contributed by atoms with Crippen molar-refractivity contribution in [1.82, 2.24) is 15.1 Å². The predicted molar refractivity (Wildman–Crippen MR) is 71.5 cm³/mol. The standard InChI is InChI=1S/C14H21N3O/c1-5-15-13(14-7-6-11(3)18-14)9-12-8-10(2)16-17(12)4/h6-8,13,15H,5,9H2,1-4H3. The molecule has 0 bridgehead atoms. The third kappa shape index (κ3) is 2.82. The maximum absolute atomic E-state index is 5.72. The summed E-state index contributed by atoms with van der Waals surface area (Å²) in [5.41, 5.74) is 2.27. The Morgan fingerprint density at radius 3 is 2.67 bits per heavy atom. The van der Waals surface area contributed by atoms with Gasteiger partial charge >= 0.3 is 0 Å². The molecule has 4 heteroatoms. The molecule has 4 nitrogen and oxygen atoms in total. The van der Waals surface area contributed by atoms with E-state index in [0.717, 1.165) is 30.2 Å². The summed E-state index contributed by atoms with van der Waals surface area (Å²) in [5.74, 6) is 1.95. The second-order valence-electron chi connectivity index (χ2n) is 4.66. The smallest absolute Gasteiger partial charge is 0.121 e. The van der Waals surface area contributed by atoms with E-state index in [1.165, 1.54) is 5.69 Å². The molecule has 0 aliphatic heterocycles. The maximum atomic E-state index is 5.72. The molecule has 1 atom stereocenters. The predicted octanol–water partition coefficient (Wildman–Crippen LogP) is 2.52. The zero-order chi connectivity index (χ0) is 13.1. The first-order chi connectivity index (χ1) is 8.60. The van der Waals surface area contributed by atoms with Crippen LogP contribution < -0.4 is 5.32 Å². The van der Waals surface area contributed by atoms with Gasteiger partial charge in [0.25, 0.3) is 0 Å². The molecule has 0 aliphatic carbocycles. The summed E-state index contributed by atoms with van der Waals surface area (Å²) in [6.07, 6.45) is 0.887. The van der Waals surface area contributed by atoms with Crippen molar-refractivity contribution in [3.63, 3.8) is 0 Å². The Kier molecular flexibility index (Phi) is 3.87. The van der Waals surface area contributed by atoms with E-state index >= 15 is 0 Å². The van der Waals surface area contributed by atoms with E-state index < -0.39 is 0 Å². The Morgan fingerprint density at radius 2 is 2.17 bits per heavy atom. The zero-order valence-corrected chi connectivity index (χ0v) is 11.5. The van der Waals surface area contributed by atoms with Crippen LogP contribution in [0.4, 0.5) is 0 Å². The van der Waals surface area contributed by atoms with E-state index in [1.807, 2.05) is 37.7 Å². The van der Waals surface area contributed by atoms with Crippen LogP contribution in [0.25, 0.3) is 0 Å². The summed E-state index contributed by atoms with van der Waals surface area (Å²) in [5, 5.41) is 7.84. The minimum atomic E-state index is 0.207. The van der Waals surface area contributed by atoms with Gasteiger partial charge in [-0.2, -0.15) is 5.10 Å². The van der Waals surface area contributed by atoms with Gasteiger partial charge in [-0.25, -0.2) is 0 Å². The molecule has 0 aliphatic rings. The molecule has 1 unspecified atom stereocenters. The van der Waals surface area contributed by atoms with Crippen molar-refractivity contribution in [2.45, 2.75) is 33.2 Å². The molecule has 98 valence electrons. The van der Waals surface area contributed by atoms with Gasteiger partial charge in [-0.3, -0.25) is 4.68 Å². The number of hydrogen-bond acceptors (Lipinski definition) is 3. The van der Waals surface area contributed by atoms with Crippen molar-refractivity contribution < 1.29 is 4.42 Å². The molecule has 0 radical (unpaired) electrons. The van der Waals surface area contributed by atoms with E-state index in [0.29, 0.717) is 0 Å². The number of furan rings is 1. The second kappa shape index (κ2) is 5.40. The Bertz CT molecular complexity index is 513. The minimum absolute atomic E-state index is 0.207. The van der Waals surface area contributed by atoms with Crippen LogP contribution in [0.5, 0.6) is 0 Å². The van der Waals surface area contributed by atoms with Crippen LogP contribution in [0.1, 0.15) is 35.9 Å². The van der Waals surface area contributed by atoms with Gasteiger partial charge in [0.1, 0.15) is 11.5 Å². The van der Waals surface area contributed by atoms with Gasteiger partial charge in [0.2, 0.25) is 0 Å². The first-order valence-corrected chi connectivity index (χ1v) is 6.39. The normalized spacial score (nSPS) is 12.9. The Hall–Kier alpha value is -1.55. The molecule has 1 N–H and O–H groups in total. The van der Waals surface area contributed by atoms with Crippen molar-refractivity contribution in [3.8, 4) is 0 Å². The van der Waals surface area contributed by atoms with Crippen molar-refractivity contribution in [3.05, 3.63) is 41.1 Å². The zero-order valence-electron chi connectivity index (χ0n) is 11.5. The number of hydrogen-bond donors (Lipinski definition) is 1. The largest absolute Gasteiger partial charge is 0.465 e. The number of aromatic nitrogens is 2. The molecule has 0 aromatic carbocycles. The van der Waals surface area contributed by atoms with Crippen LogP contribution in [0, 0.1) is 13.8 Å². The number of aryl methyl sites for hydroxylation is 3. The Morgan fingerprint density at radius 1 is 1.39 bits per heavy atom. The van der Waals surface area contributed by atoms with Gasteiger partial charge in [-0.05, 0) is 38.6 Å². The third-order valence-electron chi connectivity index (χ3n) is 3.07. The van der Waals surface area contributed by atoms with Gasteiger partial charge in [0, 0.05) is 19.2 Å². The molecular weight excluding hydrogens is 226 g/mol. The minimum Gasteiger partial charge on any atom is -0.465 e. The molecule has 2 aromatic heterocycles. The Labute approximate surface area is 108 Å². The summed E-state index contributed by atoms with van der Waals surface area (Å²) in [6.45, 7) is 7.02. The summed E-state index contributed by atoms with van der Waals surface area (Å²) in [4.78, 5) is 0. The summed E-state index contributed by atoms with van der Waals surface area (Å²) in [7, 11) is 1.98. The second-order valence-corrected chi connectivity index (χ2v) is 4.66. The van der Waals surface area contributed by atoms with Gasteiger partial charge in [0.05, 0.1) is 11.7 Å². The van der Waals surface area contributed by atoms with Crippen LogP contribution in [-0.2, 0) is 13.5 Å². The molecule has 0 fully saturated rings. The van der Waals surface area contributed by atoms with Crippen molar-refractivity contribution >= 4 is 0 Å². The summed E-state index contributed by atoms with van der Waals surface area (Å²) < 4.78 is 7.66. The third-order valence-corrected chi connectivity index (χ3v) is 3.07. The first-order valence-electron chi connectivity index (χ1n) is 6.39. The lowest BCUT2D eigenvalue weighted by Gasteiger charge is -2.15. The van der Waals surface area contributed by atoms with Crippen LogP contribution in [0.2, 0.25) is 0 Å². The highest BCUT2D eigenvalue weighted by atomic mass is 16.3. The molecule has 0 saturated carbocycles. The summed E-state index contributed by atoms with van der Waals surface area (Å²) in [6, 6.07) is 6.39. The van der Waals surface area contributed by atoms with Crippen molar-refractivity contribution in [2.75, 3.05) is 6.54 Å². The molecule has 0 spiro atoms. The molecule has 0 amide bonds. The van der Waals surface area contributed by atoms with Gasteiger partial charge in [-0.15, -0.1) is 0 Å². The number of nitrogens with one attached hydrogen (secondary N) is 1. The molecule has 0 saturated heterocycles. The van der Waals surface area contributed by atoms with Crippen LogP contribution in [0.3, 0.4) is 0 Å². The Balaban J connectivity index is 2.18. The first kappa shape index (κ1) is 12.9. The quantitative estimate of drug-likeness (QED) is 0.883. The maximum Gasteiger partial charge on any atom is 0.121 e. The van der Waals surface area contributed by atoms with E-state index in [9.17, 15) is 0 Å². The number of rotatable bonds is 5. The molecule has 2 aromatic rings. The lowest BCUT2D eigenvalue weighted by molar-refractivity contribution is 0.398. The summed E-state index contributed by atoms with van der Waals surface area (Å²) >= 11 is 0. The lowest BCUT2D eigenvalue weighted by Crippen LogP contribution is -2.23. The van der Waals surface area contributed by atoms with Crippen molar-refractivity contribution in [2.24, 2.45) is 7.05 Å². The van der Waals surface area contributed by atoms with Crippen LogP contribution in [-0.4, -0.2) is 16.3 Å². The highest BCUT2D eigenvalue weighted by molar-refractivity contribution is 5.15. The van der Waals surface area contributed by atoms with E-state index in [2.05, 4.69) is 23.4 Å². The highest BCUT2D eigenvalue weighted by Crippen LogP contribution is 2.20. The molecular formula is C14H21N3O. The van der Waals surface area contributed by atoms with Gasteiger partial charge < -0.3 is 9.73 Å². The highest BCUT2D eigenvalue weighted by Gasteiger charge is 2.16. The molecule has 2 rings (SSSR count). The average molecular weight is 247 g/mol. The van der Waals surface area contributed by atoms with Crippen LogP contribution in [0.15, 0.2) is 22.6 Å². The molecule has 2 heterocycles. The fraction of sp³-hybridized carbons (Fsp3) is 0.500. The van der Waals surface area contributed by atoms with Crippen molar-refractivity contribution in [1.29, 1.82) is 0 Å². The number of likely N-dealkylation sites (N-methyl/N-ethyl adjacent to an activating group) is 1. The average Bonchev–Trinajstić information content (AvgIpc) is 2.85. The lowest BCUT2D eigenvalue weighted by atomic mass is 10.1. The van der Waals surface area contributed by atoms with E-state index in [-0.39, 0.29) is 6.04 Å². The van der Waals surface area contributed by atoms with E-state index in [1.54, 1.807) is 0 Å². The van der Waals surface area contributed by atoms with E-state index in [4.69, 9.17) is 4.42 Å².